The van der Waals surface area contributed by atoms with Crippen molar-refractivity contribution in [1.82, 2.24) is 15.1 Å². The molecule has 0 aromatic heterocycles. The van der Waals surface area contributed by atoms with Crippen LogP contribution in [0.4, 0.5) is 5.69 Å². The van der Waals surface area contributed by atoms with Gasteiger partial charge in [0.25, 0.3) is 5.91 Å². The first-order chi connectivity index (χ1) is 12.5. The van der Waals surface area contributed by atoms with Gasteiger partial charge in [-0.1, -0.05) is 18.9 Å². The fourth-order valence-electron chi connectivity index (χ4n) is 3.97. The van der Waals surface area contributed by atoms with Gasteiger partial charge in [-0.3, -0.25) is 9.69 Å². The second kappa shape index (κ2) is 8.84. The van der Waals surface area contributed by atoms with Crippen LogP contribution in [-0.4, -0.2) is 61.0 Å². The molecular weight excluding hydrogens is 326 g/mol. The maximum atomic E-state index is 12.6. The predicted molar refractivity (Wildman–Crippen MR) is 106 cm³/mol. The zero-order valence-corrected chi connectivity index (χ0v) is 15.9. The van der Waals surface area contributed by atoms with Crippen LogP contribution in [0.15, 0.2) is 18.2 Å². The number of hydrogen-bond donors (Lipinski definition) is 3. The Labute approximate surface area is 156 Å². The minimum Gasteiger partial charge on any atom is -0.398 e. The van der Waals surface area contributed by atoms with Gasteiger partial charge in [-0.15, -0.1) is 0 Å². The van der Waals surface area contributed by atoms with Crippen LogP contribution in [0.1, 0.15) is 48.0 Å². The molecule has 6 heteroatoms. The monoisotopic (exact) mass is 359 g/mol. The molecule has 1 aromatic rings. The number of nitrogens with two attached hydrogens (primary N) is 2. The number of anilines is 1. The van der Waals surface area contributed by atoms with E-state index in [4.69, 9.17) is 11.5 Å². The molecule has 0 radical (unpaired) electrons. The summed E-state index contributed by atoms with van der Waals surface area (Å²) in [5, 5.41) is 3.09. The molecule has 0 bridgehead atoms. The SMILES string of the molecule is CN1CCCN(Cc2ccc(C(=O)NC3CCCCC3N)cc2N)CC1. The van der Waals surface area contributed by atoms with E-state index in [-0.39, 0.29) is 18.0 Å². The Hall–Kier alpha value is -1.63. The molecule has 5 N–H and O–H groups in total. The summed E-state index contributed by atoms with van der Waals surface area (Å²) < 4.78 is 0. The predicted octanol–water partition coefficient (Wildman–Crippen LogP) is 1.41. The number of rotatable bonds is 4. The van der Waals surface area contributed by atoms with Gasteiger partial charge in [0.15, 0.2) is 0 Å². The molecule has 1 aliphatic heterocycles. The van der Waals surface area contributed by atoms with Crippen molar-refractivity contribution in [2.45, 2.75) is 50.7 Å². The molecule has 26 heavy (non-hydrogen) atoms. The van der Waals surface area contributed by atoms with Gasteiger partial charge in [-0.25, -0.2) is 0 Å². The van der Waals surface area contributed by atoms with Crippen LogP contribution in [0.5, 0.6) is 0 Å². The third-order valence-corrected chi connectivity index (χ3v) is 5.75. The molecule has 1 aromatic carbocycles. The normalized spacial score (nSPS) is 25.6. The first-order valence-electron chi connectivity index (χ1n) is 9.88. The lowest BCUT2D eigenvalue weighted by Crippen LogP contribution is -2.49. The molecule has 1 saturated carbocycles. The molecule has 1 saturated heterocycles. The lowest BCUT2D eigenvalue weighted by atomic mass is 9.91. The highest BCUT2D eigenvalue weighted by Crippen LogP contribution is 2.20. The van der Waals surface area contributed by atoms with Gasteiger partial charge < -0.3 is 21.7 Å². The van der Waals surface area contributed by atoms with Gasteiger partial charge in [0.05, 0.1) is 0 Å². The molecule has 2 unspecified atom stereocenters. The second-order valence-corrected chi connectivity index (χ2v) is 7.87. The quantitative estimate of drug-likeness (QED) is 0.708. The zero-order chi connectivity index (χ0) is 18.5. The van der Waals surface area contributed by atoms with Gasteiger partial charge in [0.2, 0.25) is 0 Å². The topological polar surface area (TPSA) is 87.6 Å². The van der Waals surface area contributed by atoms with Crippen LogP contribution < -0.4 is 16.8 Å². The highest BCUT2D eigenvalue weighted by atomic mass is 16.1. The highest BCUT2D eigenvalue weighted by molar-refractivity contribution is 5.95. The Morgan fingerprint density at radius 2 is 1.96 bits per heavy atom. The number of amides is 1. The molecular formula is C20H33N5O. The average molecular weight is 360 g/mol. The smallest absolute Gasteiger partial charge is 0.251 e. The highest BCUT2D eigenvalue weighted by Gasteiger charge is 2.24. The van der Waals surface area contributed by atoms with Gasteiger partial charge in [0.1, 0.15) is 0 Å². The van der Waals surface area contributed by atoms with Gasteiger partial charge in [0, 0.05) is 43.0 Å². The van der Waals surface area contributed by atoms with E-state index in [0.29, 0.717) is 11.3 Å². The van der Waals surface area contributed by atoms with Crippen LogP contribution >= 0.6 is 0 Å². The maximum absolute atomic E-state index is 12.6. The van der Waals surface area contributed by atoms with E-state index < -0.39 is 0 Å². The molecule has 2 aliphatic rings. The van der Waals surface area contributed by atoms with Gasteiger partial charge in [-0.2, -0.15) is 0 Å². The second-order valence-electron chi connectivity index (χ2n) is 7.87. The summed E-state index contributed by atoms with van der Waals surface area (Å²) in [6, 6.07) is 5.83. The minimum absolute atomic E-state index is 0.0606. The fraction of sp³-hybridized carbons (Fsp3) is 0.650. The minimum atomic E-state index is -0.0676. The molecule has 1 heterocycles. The number of nitrogen functional groups attached to an aromatic ring is 1. The molecule has 144 valence electrons. The molecule has 3 rings (SSSR count). The van der Waals surface area contributed by atoms with Crippen molar-refractivity contribution in [3.63, 3.8) is 0 Å². The van der Waals surface area contributed by atoms with E-state index in [1.54, 1.807) is 0 Å². The van der Waals surface area contributed by atoms with Crippen molar-refractivity contribution < 1.29 is 4.79 Å². The van der Waals surface area contributed by atoms with Crippen LogP contribution in [0.25, 0.3) is 0 Å². The first kappa shape index (κ1) is 19.1. The van der Waals surface area contributed by atoms with E-state index in [1.165, 1.54) is 6.42 Å². The Balaban J connectivity index is 1.60. The largest absolute Gasteiger partial charge is 0.398 e. The van der Waals surface area contributed by atoms with Crippen LogP contribution in [0, 0.1) is 0 Å². The van der Waals surface area contributed by atoms with Crippen molar-refractivity contribution >= 4 is 11.6 Å². The number of nitrogens with one attached hydrogen (secondary N) is 1. The molecule has 2 atom stereocenters. The van der Waals surface area contributed by atoms with Crippen molar-refractivity contribution in [2.75, 3.05) is 39.0 Å². The fourth-order valence-corrected chi connectivity index (χ4v) is 3.97. The van der Waals surface area contributed by atoms with Gasteiger partial charge in [-0.05, 0) is 57.1 Å². The summed E-state index contributed by atoms with van der Waals surface area (Å²) in [7, 11) is 2.17. The maximum Gasteiger partial charge on any atom is 0.251 e. The molecule has 1 amide bonds. The first-order valence-corrected chi connectivity index (χ1v) is 9.88. The third kappa shape index (κ3) is 4.96. The van der Waals surface area contributed by atoms with Crippen LogP contribution in [0.3, 0.4) is 0 Å². The molecule has 1 aliphatic carbocycles. The number of carbonyl (C=O) groups is 1. The van der Waals surface area contributed by atoms with E-state index in [9.17, 15) is 4.79 Å². The molecule has 0 spiro atoms. The van der Waals surface area contributed by atoms with Crippen molar-refractivity contribution in [3.8, 4) is 0 Å². The van der Waals surface area contributed by atoms with E-state index in [2.05, 4.69) is 22.2 Å². The average Bonchev–Trinajstić information content (AvgIpc) is 2.83. The number of benzene rings is 1. The van der Waals surface area contributed by atoms with E-state index >= 15 is 0 Å². The van der Waals surface area contributed by atoms with E-state index in [0.717, 1.165) is 64.0 Å². The number of nitrogens with zero attached hydrogens (tertiary/aromatic N) is 2. The summed E-state index contributed by atoms with van der Waals surface area (Å²) in [4.78, 5) is 17.4. The molecule has 6 nitrogen and oxygen atoms in total. The summed E-state index contributed by atoms with van der Waals surface area (Å²) in [5.74, 6) is -0.0676. The van der Waals surface area contributed by atoms with Crippen molar-refractivity contribution in [3.05, 3.63) is 29.3 Å². The van der Waals surface area contributed by atoms with Crippen molar-refractivity contribution in [2.24, 2.45) is 5.73 Å². The third-order valence-electron chi connectivity index (χ3n) is 5.75. The summed E-state index contributed by atoms with van der Waals surface area (Å²) in [5.41, 5.74) is 14.8. The summed E-state index contributed by atoms with van der Waals surface area (Å²) >= 11 is 0. The number of likely N-dealkylation sites (N-methyl/N-ethyl adjacent to an activating group) is 1. The number of carbonyl (C=O) groups excluding carboxylic acids is 1. The standard InChI is InChI=1S/C20H33N5O/c1-24-9-4-10-25(12-11-24)14-16-8-7-15(13-18(16)22)20(26)23-19-6-3-2-5-17(19)21/h7-8,13,17,19H,2-6,9-12,14,21-22H2,1H3,(H,23,26). The lowest BCUT2D eigenvalue weighted by Gasteiger charge is -2.29. The Kier molecular flexibility index (Phi) is 6.51. The lowest BCUT2D eigenvalue weighted by molar-refractivity contribution is 0.0921. The number of hydrogen-bond acceptors (Lipinski definition) is 5. The van der Waals surface area contributed by atoms with Gasteiger partial charge >= 0.3 is 0 Å². The Bertz CT molecular complexity index is 620. The Morgan fingerprint density at radius 1 is 1.15 bits per heavy atom. The zero-order valence-electron chi connectivity index (χ0n) is 15.9. The molecule has 2 fully saturated rings. The summed E-state index contributed by atoms with van der Waals surface area (Å²) in [6.45, 7) is 5.22. The van der Waals surface area contributed by atoms with Crippen LogP contribution in [0.2, 0.25) is 0 Å². The van der Waals surface area contributed by atoms with Crippen molar-refractivity contribution in [1.29, 1.82) is 0 Å². The van der Waals surface area contributed by atoms with E-state index in [1.807, 2.05) is 18.2 Å². The van der Waals surface area contributed by atoms with Crippen LogP contribution in [-0.2, 0) is 6.54 Å². The Morgan fingerprint density at radius 3 is 2.73 bits per heavy atom. The summed E-state index contributed by atoms with van der Waals surface area (Å²) in [6.07, 6.45) is 5.41.